The number of nitrogens with zero attached hydrogens (tertiary/aromatic N) is 2. The van der Waals surface area contributed by atoms with Gasteiger partial charge in [0.25, 0.3) is 0 Å². The van der Waals surface area contributed by atoms with Gasteiger partial charge in [-0.3, -0.25) is 0 Å². The van der Waals surface area contributed by atoms with E-state index in [2.05, 4.69) is 133 Å². The number of furan rings is 1. The van der Waals surface area contributed by atoms with Crippen molar-refractivity contribution >= 4 is 54.3 Å². The molecular formula is C46H28N2O. The van der Waals surface area contributed by atoms with Crippen molar-refractivity contribution in [3.63, 3.8) is 0 Å². The molecule has 49 heavy (non-hydrogen) atoms. The van der Waals surface area contributed by atoms with Crippen molar-refractivity contribution in [2.24, 2.45) is 0 Å². The van der Waals surface area contributed by atoms with Crippen molar-refractivity contribution in [3.05, 3.63) is 170 Å². The van der Waals surface area contributed by atoms with Crippen molar-refractivity contribution in [2.75, 3.05) is 0 Å². The van der Waals surface area contributed by atoms with Gasteiger partial charge in [-0.25, -0.2) is 9.97 Å². The van der Waals surface area contributed by atoms with Crippen LogP contribution in [0.5, 0.6) is 0 Å². The molecule has 8 aromatic carbocycles. The standard InChI is InChI=1S/C46H28N2O/c1-3-12-29(13-4-1)41-28-42(48-46(47-41)30-14-5-2-6-15-30)39-20-11-19-38-34-17-8-7-16-33(34)35-24-22-31(26-40(35)45(38)39)32-23-25-37-36-18-9-10-21-43(36)49-44(37)27-32/h1-28H. The van der Waals surface area contributed by atoms with Crippen LogP contribution in [0.1, 0.15) is 0 Å². The zero-order chi connectivity index (χ0) is 32.3. The molecule has 3 nitrogen and oxygen atoms in total. The van der Waals surface area contributed by atoms with Crippen LogP contribution in [0.15, 0.2) is 174 Å². The summed E-state index contributed by atoms with van der Waals surface area (Å²) in [6.07, 6.45) is 0. The van der Waals surface area contributed by atoms with Gasteiger partial charge in [-0.15, -0.1) is 0 Å². The summed E-state index contributed by atoms with van der Waals surface area (Å²) in [4.78, 5) is 10.3. The Balaban J connectivity index is 1.26. The first kappa shape index (κ1) is 27.5. The average Bonchev–Trinajstić information content (AvgIpc) is 3.56. The van der Waals surface area contributed by atoms with Gasteiger partial charge < -0.3 is 4.42 Å². The lowest BCUT2D eigenvalue weighted by Crippen LogP contribution is -1.97. The zero-order valence-corrected chi connectivity index (χ0v) is 26.5. The smallest absolute Gasteiger partial charge is 0.160 e. The summed E-state index contributed by atoms with van der Waals surface area (Å²) in [5.41, 5.74) is 8.97. The maximum absolute atomic E-state index is 6.29. The Bertz CT molecular complexity index is 2810. The highest BCUT2D eigenvalue weighted by atomic mass is 16.3. The summed E-state index contributed by atoms with van der Waals surface area (Å²) in [6, 6.07) is 59.7. The second-order valence-electron chi connectivity index (χ2n) is 12.5. The molecule has 0 fully saturated rings. The average molecular weight is 625 g/mol. The first-order valence-electron chi connectivity index (χ1n) is 16.6. The highest BCUT2D eigenvalue weighted by molar-refractivity contribution is 6.28. The molecule has 0 spiro atoms. The minimum atomic E-state index is 0.707. The molecule has 0 N–H and O–H groups in total. The topological polar surface area (TPSA) is 38.9 Å². The van der Waals surface area contributed by atoms with Gasteiger partial charge in [-0.1, -0.05) is 140 Å². The molecule has 0 aliphatic heterocycles. The van der Waals surface area contributed by atoms with E-state index in [4.69, 9.17) is 14.4 Å². The molecule has 228 valence electrons. The Morgan fingerprint density at radius 3 is 1.69 bits per heavy atom. The van der Waals surface area contributed by atoms with Crippen molar-refractivity contribution < 1.29 is 4.42 Å². The third-order valence-electron chi connectivity index (χ3n) is 9.68. The normalized spacial score (nSPS) is 11.7. The predicted molar refractivity (Wildman–Crippen MR) is 204 cm³/mol. The van der Waals surface area contributed by atoms with Crippen LogP contribution in [-0.2, 0) is 0 Å². The van der Waals surface area contributed by atoms with Gasteiger partial charge in [0.05, 0.1) is 11.4 Å². The van der Waals surface area contributed by atoms with E-state index in [0.29, 0.717) is 5.82 Å². The Morgan fingerprint density at radius 2 is 0.898 bits per heavy atom. The molecule has 0 aliphatic carbocycles. The number of aromatic nitrogens is 2. The van der Waals surface area contributed by atoms with Gasteiger partial charge in [0, 0.05) is 27.5 Å². The predicted octanol–water partition coefficient (Wildman–Crippen LogP) is 12.5. The molecule has 10 aromatic rings. The lowest BCUT2D eigenvalue weighted by atomic mass is 9.89. The molecule has 0 aliphatic rings. The summed E-state index contributed by atoms with van der Waals surface area (Å²) in [5, 5.41) is 9.51. The van der Waals surface area contributed by atoms with Gasteiger partial charge in [0.1, 0.15) is 11.2 Å². The highest BCUT2D eigenvalue weighted by Crippen LogP contribution is 2.42. The monoisotopic (exact) mass is 624 g/mol. The molecule has 0 radical (unpaired) electrons. The number of para-hydroxylation sites is 1. The van der Waals surface area contributed by atoms with Gasteiger partial charge in [-0.2, -0.15) is 0 Å². The van der Waals surface area contributed by atoms with E-state index >= 15 is 0 Å². The van der Waals surface area contributed by atoms with Crippen molar-refractivity contribution in [2.45, 2.75) is 0 Å². The van der Waals surface area contributed by atoms with Crippen molar-refractivity contribution in [1.82, 2.24) is 9.97 Å². The second kappa shape index (κ2) is 11.0. The first-order chi connectivity index (χ1) is 24.3. The molecule has 0 atom stereocenters. The van der Waals surface area contributed by atoms with Crippen LogP contribution in [0.3, 0.4) is 0 Å². The molecule has 10 rings (SSSR count). The third-order valence-corrected chi connectivity index (χ3v) is 9.68. The molecule has 2 heterocycles. The maximum atomic E-state index is 6.29. The largest absolute Gasteiger partial charge is 0.456 e. The number of hydrogen-bond acceptors (Lipinski definition) is 3. The SMILES string of the molecule is c1ccc(-c2cc(-c3cccc4c5ccccc5c5ccc(-c6ccc7c(c6)oc6ccccc67)cc5c34)nc(-c3ccccc3)n2)cc1. The first-order valence-corrected chi connectivity index (χ1v) is 16.6. The number of rotatable bonds is 4. The number of fused-ring (bicyclic) bond motifs is 9. The molecule has 0 unspecified atom stereocenters. The fourth-order valence-corrected chi connectivity index (χ4v) is 7.36. The Kier molecular flexibility index (Phi) is 6.18. The molecule has 2 aromatic heterocycles. The van der Waals surface area contributed by atoms with Crippen LogP contribution in [-0.4, -0.2) is 9.97 Å². The van der Waals surface area contributed by atoms with Crippen molar-refractivity contribution in [1.29, 1.82) is 0 Å². The highest BCUT2D eigenvalue weighted by Gasteiger charge is 2.17. The summed E-state index contributed by atoms with van der Waals surface area (Å²) in [7, 11) is 0. The number of benzene rings is 8. The summed E-state index contributed by atoms with van der Waals surface area (Å²) in [5.74, 6) is 0.707. The minimum absolute atomic E-state index is 0.707. The van der Waals surface area contributed by atoms with Gasteiger partial charge in [0.2, 0.25) is 0 Å². The van der Waals surface area contributed by atoms with Crippen LogP contribution in [0, 0.1) is 0 Å². The van der Waals surface area contributed by atoms with E-state index in [1.54, 1.807) is 0 Å². The van der Waals surface area contributed by atoms with Gasteiger partial charge in [0.15, 0.2) is 5.82 Å². The van der Waals surface area contributed by atoms with Crippen molar-refractivity contribution in [3.8, 4) is 45.0 Å². The lowest BCUT2D eigenvalue weighted by Gasteiger charge is -2.16. The Morgan fingerprint density at radius 1 is 0.327 bits per heavy atom. The van der Waals surface area contributed by atoms with Crippen LogP contribution >= 0.6 is 0 Å². The molecule has 0 saturated heterocycles. The quantitative estimate of drug-likeness (QED) is 0.183. The molecule has 3 heteroatoms. The fraction of sp³-hybridized carbons (Fsp3) is 0. The van der Waals surface area contributed by atoms with Gasteiger partial charge in [-0.05, 0) is 73.8 Å². The lowest BCUT2D eigenvalue weighted by molar-refractivity contribution is 0.669. The second-order valence-corrected chi connectivity index (χ2v) is 12.5. The summed E-state index contributed by atoms with van der Waals surface area (Å²) >= 11 is 0. The van der Waals surface area contributed by atoms with E-state index in [9.17, 15) is 0 Å². The van der Waals surface area contributed by atoms with E-state index in [1.807, 2.05) is 36.4 Å². The third kappa shape index (κ3) is 4.51. The number of hydrogen-bond donors (Lipinski definition) is 0. The van der Waals surface area contributed by atoms with E-state index in [0.717, 1.165) is 61.1 Å². The molecule has 0 amide bonds. The fourth-order valence-electron chi connectivity index (χ4n) is 7.36. The molecular weight excluding hydrogens is 597 g/mol. The molecule has 0 bridgehead atoms. The van der Waals surface area contributed by atoms with Crippen LogP contribution in [0.4, 0.5) is 0 Å². The van der Waals surface area contributed by atoms with Crippen LogP contribution in [0.25, 0.3) is 99.3 Å². The van der Waals surface area contributed by atoms with Gasteiger partial charge >= 0.3 is 0 Å². The Labute approximate surface area is 282 Å². The summed E-state index contributed by atoms with van der Waals surface area (Å²) in [6.45, 7) is 0. The van der Waals surface area contributed by atoms with Crippen LogP contribution in [0.2, 0.25) is 0 Å². The maximum Gasteiger partial charge on any atom is 0.160 e. The van der Waals surface area contributed by atoms with E-state index in [-0.39, 0.29) is 0 Å². The Hall–Kier alpha value is -6.58. The van der Waals surface area contributed by atoms with E-state index in [1.165, 1.54) is 32.3 Å². The minimum Gasteiger partial charge on any atom is -0.456 e. The van der Waals surface area contributed by atoms with Crippen LogP contribution < -0.4 is 0 Å². The summed E-state index contributed by atoms with van der Waals surface area (Å²) < 4.78 is 6.29. The van der Waals surface area contributed by atoms with E-state index < -0.39 is 0 Å². The molecule has 0 saturated carbocycles. The zero-order valence-electron chi connectivity index (χ0n) is 26.5.